The van der Waals surface area contributed by atoms with Crippen molar-refractivity contribution in [3.05, 3.63) is 59.7 Å². The highest BCUT2D eigenvalue weighted by Crippen LogP contribution is 2.17. The van der Waals surface area contributed by atoms with Crippen LogP contribution in [0.25, 0.3) is 0 Å². The highest BCUT2D eigenvalue weighted by Gasteiger charge is 2.09. The first-order valence-electron chi connectivity index (χ1n) is 6.61. The summed E-state index contributed by atoms with van der Waals surface area (Å²) in [6, 6.07) is 9.91. The Balaban J connectivity index is 1.83. The molecular weight excluding hydrogens is 292 g/mol. The summed E-state index contributed by atoms with van der Waals surface area (Å²) in [5.74, 6) is -1.34. The van der Waals surface area contributed by atoms with E-state index in [1.807, 2.05) is 0 Å². The van der Waals surface area contributed by atoms with E-state index in [-0.39, 0.29) is 30.2 Å². The van der Waals surface area contributed by atoms with Gasteiger partial charge in [-0.25, -0.2) is 8.78 Å². The van der Waals surface area contributed by atoms with Crippen LogP contribution in [0, 0.1) is 11.6 Å². The third kappa shape index (κ3) is 3.94. The van der Waals surface area contributed by atoms with Crippen LogP contribution < -0.4 is 14.8 Å². The number of halogens is 2. The Bertz CT molecular complexity index is 662. The van der Waals surface area contributed by atoms with Crippen molar-refractivity contribution in [1.29, 1.82) is 0 Å². The third-order valence-electron chi connectivity index (χ3n) is 2.90. The molecule has 116 valence electrons. The van der Waals surface area contributed by atoms with Crippen molar-refractivity contribution in [3.8, 4) is 11.5 Å². The lowest BCUT2D eigenvalue weighted by Crippen LogP contribution is -2.28. The van der Waals surface area contributed by atoms with Gasteiger partial charge in [0.2, 0.25) is 0 Å². The minimum atomic E-state index is -0.613. The molecule has 0 heterocycles. The molecule has 0 unspecified atom stereocenters. The van der Waals surface area contributed by atoms with E-state index in [0.717, 1.165) is 6.07 Å². The van der Waals surface area contributed by atoms with E-state index in [2.05, 4.69) is 5.32 Å². The maximum atomic E-state index is 13.5. The number of para-hydroxylation sites is 1. The van der Waals surface area contributed by atoms with E-state index in [9.17, 15) is 13.6 Å². The topological polar surface area (TPSA) is 47.6 Å². The molecule has 0 aliphatic heterocycles. The lowest BCUT2D eigenvalue weighted by molar-refractivity contribution is 0.0946. The molecule has 0 fully saturated rings. The Morgan fingerprint density at radius 3 is 2.55 bits per heavy atom. The molecule has 2 aromatic rings. The zero-order chi connectivity index (χ0) is 15.9. The molecule has 2 rings (SSSR count). The van der Waals surface area contributed by atoms with E-state index in [1.165, 1.54) is 31.4 Å². The maximum absolute atomic E-state index is 13.5. The molecule has 0 radical (unpaired) electrons. The molecule has 0 saturated carbocycles. The monoisotopic (exact) mass is 307 g/mol. The summed E-state index contributed by atoms with van der Waals surface area (Å²) in [7, 11) is 1.35. The summed E-state index contributed by atoms with van der Waals surface area (Å²) in [5, 5.41) is 2.56. The molecule has 0 saturated heterocycles. The fourth-order valence-electron chi connectivity index (χ4n) is 1.80. The largest absolute Gasteiger partial charge is 0.494 e. The zero-order valence-corrected chi connectivity index (χ0v) is 11.9. The SMILES string of the molecule is COc1ccc(C(=O)NCCOc2ccccc2F)cc1F. The van der Waals surface area contributed by atoms with Gasteiger partial charge in [-0.3, -0.25) is 4.79 Å². The van der Waals surface area contributed by atoms with Gasteiger partial charge in [0.15, 0.2) is 23.1 Å². The van der Waals surface area contributed by atoms with Gasteiger partial charge >= 0.3 is 0 Å². The van der Waals surface area contributed by atoms with Crippen LogP contribution in [0.5, 0.6) is 11.5 Å². The lowest BCUT2D eigenvalue weighted by atomic mass is 10.2. The van der Waals surface area contributed by atoms with Crippen LogP contribution in [-0.4, -0.2) is 26.2 Å². The standard InChI is InChI=1S/C16H15F2NO3/c1-21-14-7-6-11(10-13(14)18)16(20)19-8-9-22-15-5-3-2-4-12(15)17/h2-7,10H,8-9H2,1H3,(H,19,20). The molecule has 0 aliphatic rings. The van der Waals surface area contributed by atoms with Crippen molar-refractivity contribution in [2.75, 3.05) is 20.3 Å². The van der Waals surface area contributed by atoms with Crippen molar-refractivity contribution in [1.82, 2.24) is 5.32 Å². The number of hydrogen-bond donors (Lipinski definition) is 1. The predicted octanol–water partition coefficient (Wildman–Crippen LogP) is 2.78. The molecule has 0 bridgehead atoms. The van der Waals surface area contributed by atoms with Crippen molar-refractivity contribution >= 4 is 5.91 Å². The van der Waals surface area contributed by atoms with Gasteiger partial charge in [0, 0.05) is 5.56 Å². The molecule has 0 spiro atoms. The fraction of sp³-hybridized carbons (Fsp3) is 0.188. The Morgan fingerprint density at radius 2 is 1.86 bits per heavy atom. The molecule has 6 heteroatoms. The van der Waals surface area contributed by atoms with Crippen LogP contribution >= 0.6 is 0 Å². The number of hydrogen-bond acceptors (Lipinski definition) is 3. The minimum Gasteiger partial charge on any atom is -0.494 e. The Labute approximate surface area is 126 Å². The fourth-order valence-corrected chi connectivity index (χ4v) is 1.80. The zero-order valence-electron chi connectivity index (χ0n) is 11.9. The van der Waals surface area contributed by atoms with E-state index in [0.29, 0.717) is 0 Å². The quantitative estimate of drug-likeness (QED) is 0.835. The molecule has 0 atom stereocenters. The normalized spacial score (nSPS) is 10.1. The van der Waals surface area contributed by atoms with Gasteiger partial charge in [-0.15, -0.1) is 0 Å². The van der Waals surface area contributed by atoms with Crippen LogP contribution in [0.2, 0.25) is 0 Å². The molecular formula is C16H15F2NO3. The number of carbonyl (C=O) groups is 1. The second kappa shape index (κ2) is 7.40. The van der Waals surface area contributed by atoms with Gasteiger partial charge in [0.05, 0.1) is 13.7 Å². The van der Waals surface area contributed by atoms with Crippen LogP contribution in [0.15, 0.2) is 42.5 Å². The summed E-state index contributed by atoms with van der Waals surface area (Å²) >= 11 is 0. The molecule has 2 aromatic carbocycles. The van der Waals surface area contributed by atoms with Crippen molar-refractivity contribution in [3.63, 3.8) is 0 Å². The summed E-state index contributed by atoms with van der Waals surface area (Å²) in [4.78, 5) is 11.8. The molecule has 1 N–H and O–H groups in total. The van der Waals surface area contributed by atoms with E-state index < -0.39 is 17.5 Å². The number of carbonyl (C=O) groups excluding carboxylic acids is 1. The highest BCUT2D eigenvalue weighted by atomic mass is 19.1. The van der Waals surface area contributed by atoms with Crippen molar-refractivity contribution in [2.24, 2.45) is 0 Å². The van der Waals surface area contributed by atoms with Crippen LogP contribution in [0.1, 0.15) is 10.4 Å². The van der Waals surface area contributed by atoms with Crippen LogP contribution in [-0.2, 0) is 0 Å². The van der Waals surface area contributed by atoms with E-state index in [4.69, 9.17) is 9.47 Å². The van der Waals surface area contributed by atoms with E-state index in [1.54, 1.807) is 12.1 Å². The Morgan fingerprint density at radius 1 is 1.09 bits per heavy atom. The van der Waals surface area contributed by atoms with Gasteiger partial charge in [-0.1, -0.05) is 12.1 Å². The lowest BCUT2D eigenvalue weighted by Gasteiger charge is -2.09. The number of nitrogens with one attached hydrogen (secondary N) is 1. The van der Waals surface area contributed by atoms with Gasteiger partial charge in [-0.2, -0.15) is 0 Å². The van der Waals surface area contributed by atoms with Crippen LogP contribution in [0.4, 0.5) is 8.78 Å². The summed E-state index contributed by atoms with van der Waals surface area (Å²) < 4.78 is 36.8. The number of rotatable bonds is 6. The first-order valence-corrected chi connectivity index (χ1v) is 6.61. The highest BCUT2D eigenvalue weighted by molar-refractivity contribution is 5.94. The second-order valence-electron chi connectivity index (χ2n) is 4.38. The minimum absolute atomic E-state index is 0.0689. The summed E-state index contributed by atoms with van der Waals surface area (Å²) in [6.45, 7) is 0.270. The number of amides is 1. The second-order valence-corrected chi connectivity index (χ2v) is 4.38. The van der Waals surface area contributed by atoms with Gasteiger partial charge in [0.1, 0.15) is 6.61 Å². The predicted molar refractivity (Wildman–Crippen MR) is 77.2 cm³/mol. The molecule has 1 amide bonds. The smallest absolute Gasteiger partial charge is 0.251 e. The molecule has 0 aromatic heterocycles. The van der Waals surface area contributed by atoms with Gasteiger partial charge < -0.3 is 14.8 Å². The molecule has 22 heavy (non-hydrogen) atoms. The first kappa shape index (κ1) is 15.8. The van der Waals surface area contributed by atoms with Crippen molar-refractivity contribution in [2.45, 2.75) is 0 Å². The number of benzene rings is 2. The number of ether oxygens (including phenoxy) is 2. The summed E-state index contributed by atoms with van der Waals surface area (Å²) in [6.07, 6.45) is 0. The Kier molecular flexibility index (Phi) is 5.30. The first-order chi connectivity index (χ1) is 10.6. The van der Waals surface area contributed by atoms with E-state index >= 15 is 0 Å². The van der Waals surface area contributed by atoms with Crippen molar-refractivity contribution < 1.29 is 23.0 Å². The number of methoxy groups -OCH3 is 1. The summed E-state index contributed by atoms with van der Waals surface area (Å²) in [5.41, 5.74) is 0.171. The average Bonchev–Trinajstić information content (AvgIpc) is 2.52. The van der Waals surface area contributed by atoms with Crippen LogP contribution in [0.3, 0.4) is 0 Å². The van der Waals surface area contributed by atoms with Gasteiger partial charge in [-0.05, 0) is 30.3 Å². The molecule has 4 nitrogen and oxygen atoms in total. The maximum Gasteiger partial charge on any atom is 0.251 e. The third-order valence-corrected chi connectivity index (χ3v) is 2.90. The average molecular weight is 307 g/mol. The van der Waals surface area contributed by atoms with Gasteiger partial charge in [0.25, 0.3) is 5.91 Å². The molecule has 0 aliphatic carbocycles. The Hall–Kier alpha value is -2.63.